The van der Waals surface area contributed by atoms with Crippen molar-refractivity contribution in [3.05, 3.63) is 66.6 Å². The average molecular weight is 392 g/mol. The zero-order chi connectivity index (χ0) is 19.9. The van der Waals surface area contributed by atoms with E-state index in [1.807, 2.05) is 35.1 Å². The Morgan fingerprint density at radius 1 is 1.17 bits per heavy atom. The lowest BCUT2D eigenvalue weighted by Crippen LogP contribution is -2.39. The van der Waals surface area contributed by atoms with E-state index in [4.69, 9.17) is 9.84 Å². The van der Waals surface area contributed by atoms with Crippen molar-refractivity contribution >= 4 is 0 Å². The Bertz CT molecular complexity index is 881. The molecule has 3 heterocycles. The smallest absolute Gasteiger partial charge is 0.0988 e. The summed E-state index contributed by atoms with van der Waals surface area (Å²) in [7, 11) is 1.77. The molecule has 6 nitrogen and oxygen atoms in total. The SMILES string of the molecule is COCCN1CCCC1CNCc1cn(-c2ccccc2)nc1-c1cccnc1. The van der Waals surface area contributed by atoms with Gasteiger partial charge in [-0.1, -0.05) is 18.2 Å². The van der Waals surface area contributed by atoms with Crippen molar-refractivity contribution in [3.63, 3.8) is 0 Å². The molecule has 152 valence electrons. The first-order valence-electron chi connectivity index (χ1n) is 10.3. The van der Waals surface area contributed by atoms with Crippen LogP contribution in [0, 0.1) is 0 Å². The molecule has 6 heteroatoms. The number of hydrogen-bond acceptors (Lipinski definition) is 5. The summed E-state index contributed by atoms with van der Waals surface area (Å²) in [6, 6.07) is 14.8. The van der Waals surface area contributed by atoms with Gasteiger partial charge in [0.25, 0.3) is 0 Å². The fraction of sp³-hybridized carbons (Fsp3) is 0.391. The fourth-order valence-corrected chi connectivity index (χ4v) is 4.00. The highest BCUT2D eigenvalue weighted by atomic mass is 16.5. The van der Waals surface area contributed by atoms with E-state index in [1.165, 1.54) is 24.9 Å². The predicted octanol–water partition coefficient (Wildman–Crippen LogP) is 3.13. The minimum absolute atomic E-state index is 0.580. The number of aromatic nitrogens is 3. The number of pyridine rings is 1. The van der Waals surface area contributed by atoms with E-state index in [2.05, 4.69) is 39.6 Å². The van der Waals surface area contributed by atoms with Gasteiger partial charge in [-0.2, -0.15) is 5.10 Å². The largest absolute Gasteiger partial charge is 0.383 e. The number of para-hydroxylation sites is 1. The molecule has 1 unspecified atom stereocenters. The third-order valence-electron chi connectivity index (χ3n) is 5.52. The third-order valence-corrected chi connectivity index (χ3v) is 5.52. The van der Waals surface area contributed by atoms with Crippen LogP contribution in [0.2, 0.25) is 0 Å². The molecule has 0 radical (unpaired) electrons. The molecule has 0 spiro atoms. The third kappa shape index (κ3) is 4.90. The van der Waals surface area contributed by atoms with Crippen molar-refractivity contribution in [3.8, 4) is 16.9 Å². The number of benzene rings is 1. The molecule has 1 atom stereocenters. The Kier molecular flexibility index (Phi) is 6.67. The first-order valence-corrected chi connectivity index (χ1v) is 10.3. The Morgan fingerprint density at radius 3 is 2.86 bits per heavy atom. The van der Waals surface area contributed by atoms with Crippen LogP contribution in [0.1, 0.15) is 18.4 Å². The molecule has 1 aliphatic heterocycles. The van der Waals surface area contributed by atoms with Crippen LogP contribution in [0.15, 0.2) is 61.1 Å². The van der Waals surface area contributed by atoms with Crippen molar-refractivity contribution < 1.29 is 4.74 Å². The molecular formula is C23H29N5O. The second-order valence-electron chi connectivity index (χ2n) is 7.48. The van der Waals surface area contributed by atoms with Crippen LogP contribution >= 0.6 is 0 Å². The van der Waals surface area contributed by atoms with Crippen molar-refractivity contribution in [2.24, 2.45) is 0 Å². The van der Waals surface area contributed by atoms with Crippen LogP contribution in [0.5, 0.6) is 0 Å². The van der Waals surface area contributed by atoms with E-state index in [0.29, 0.717) is 6.04 Å². The van der Waals surface area contributed by atoms with Gasteiger partial charge in [0.1, 0.15) is 0 Å². The van der Waals surface area contributed by atoms with Gasteiger partial charge in [0, 0.05) is 62.5 Å². The molecule has 1 fully saturated rings. The average Bonchev–Trinajstić information content (AvgIpc) is 3.41. The second-order valence-corrected chi connectivity index (χ2v) is 7.48. The molecule has 1 saturated heterocycles. The van der Waals surface area contributed by atoms with E-state index in [1.54, 1.807) is 13.3 Å². The summed E-state index contributed by atoms with van der Waals surface area (Å²) < 4.78 is 7.21. The predicted molar refractivity (Wildman–Crippen MR) is 115 cm³/mol. The van der Waals surface area contributed by atoms with E-state index in [-0.39, 0.29) is 0 Å². The maximum atomic E-state index is 5.26. The van der Waals surface area contributed by atoms with Gasteiger partial charge in [0.15, 0.2) is 0 Å². The molecule has 2 aromatic heterocycles. The minimum Gasteiger partial charge on any atom is -0.383 e. The van der Waals surface area contributed by atoms with Crippen LogP contribution in [-0.4, -0.2) is 59.1 Å². The summed E-state index contributed by atoms with van der Waals surface area (Å²) in [4.78, 5) is 6.81. The zero-order valence-electron chi connectivity index (χ0n) is 17.0. The quantitative estimate of drug-likeness (QED) is 0.607. The standard InChI is InChI=1S/C23H29N5O/c1-29-14-13-27-12-6-10-22(27)17-25-16-20-18-28(21-8-3-2-4-9-21)26-23(20)19-7-5-11-24-15-19/h2-5,7-9,11,15,18,22,25H,6,10,12-14,16-17H2,1H3. The molecule has 0 amide bonds. The molecule has 29 heavy (non-hydrogen) atoms. The van der Waals surface area contributed by atoms with Gasteiger partial charge in [-0.05, 0) is 43.7 Å². The summed E-state index contributed by atoms with van der Waals surface area (Å²) >= 11 is 0. The summed E-state index contributed by atoms with van der Waals surface area (Å²) in [5, 5.41) is 8.54. The number of ether oxygens (including phenoxy) is 1. The van der Waals surface area contributed by atoms with Crippen LogP contribution in [0.3, 0.4) is 0 Å². The lowest BCUT2D eigenvalue weighted by atomic mass is 10.1. The maximum absolute atomic E-state index is 5.26. The van der Waals surface area contributed by atoms with Crippen molar-refractivity contribution in [2.45, 2.75) is 25.4 Å². The number of nitrogens with one attached hydrogen (secondary N) is 1. The van der Waals surface area contributed by atoms with E-state index < -0.39 is 0 Å². The van der Waals surface area contributed by atoms with Crippen LogP contribution in [-0.2, 0) is 11.3 Å². The van der Waals surface area contributed by atoms with Crippen molar-refractivity contribution in [1.29, 1.82) is 0 Å². The molecule has 0 bridgehead atoms. The number of rotatable bonds is 9. The molecule has 0 saturated carbocycles. The van der Waals surface area contributed by atoms with E-state index in [9.17, 15) is 0 Å². The van der Waals surface area contributed by atoms with Gasteiger partial charge in [0.2, 0.25) is 0 Å². The van der Waals surface area contributed by atoms with E-state index >= 15 is 0 Å². The Labute approximate surface area is 172 Å². The lowest BCUT2D eigenvalue weighted by Gasteiger charge is -2.24. The molecule has 4 rings (SSSR count). The van der Waals surface area contributed by atoms with Gasteiger partial charge in [0.05, 0.1) is 18.0 Å². The maximum Gasteiger partial charge on any atom is 0.0988 e. The molecular weight excluding hydrogens is 362 g/mol. The summed E-state index contributed by atoms with van der Waals surface area (Å²) in [6.07, 6.45) is 8.31. The Hall–Kier alpha value is -2.54. The number of hydrogen-bond donors (Lipinski definition) is 1. The normalized spacial score (nSPS) is 17.1. The lowest BCUT2D eigenvalue weighted by molar-refractivity contribution is 0.140. The van der Waals surface area contributed by atoms with Gasteiger partial charge in [-0.25, -0.2) is 4.68 Å². The monoisotopic (exact) mass is 391 g/mol. The second kappa shape index (κ2) is 9.78. The summed E-state index contributed by atoms with van der Waals surface area (Å²) in [5.74, 6) is 0. The highest BCUT2D eigenvalue weighted by Gasteiger charge is 2.23. The highest BCUT2D eigenvalue weighted by Crippen LogP contribution is 2.23. The molecule has 1 aliphatic rings. The zero-order valence-corrected chi connectivity index (χ0v) is 17.0. The van der Waals surface area contributed by atoms with Crippen molar-refractivity contribution in [1.82, 2.24) is 25.0 Å². The van der Waals surface area contributed by atoms with Crippen molar-refractivity contribution in [2.75, 3.05) is 33.4 Å². The van der Waals surface area contributed by atoms with Crippen LogP contribution in [0.25, 0.3) is 16.9 Å². The Morgan fingerprint density at radius 2 is 2.07 bits per heavy atom. The van der Waals surface area contributed by atoms with E-state index in [0.717, 1.165) is 43.2 Å². The molecule has 3 aromatic rings. The van der Waals surface area contributed by atoms with Crippen LogP contribution < -0.4 is 5.32 Å². The van der Waals surface area contributed by atoms with Gasteiger partial charge in [-0.3, -0.25) is 9.88 Å². The number of methoxy groups -OCH3 is 1. The minimum atomic E-state index is 0.580. The fourth-order valence-electron chi connectivity index (χ4n) is 4.00. The van der Waals surface area contributed by atoms with Gasteiger partial charge < -0.3 is 10.1 Å². The molecule has 0 aliphatic carbocycles. The first-order chi connectivity index (χ1) is 14.3. The van der Waals surface area contributed by atoms with Crippen LogP contribution in [0.4, 0.5) is 0 Å². The summed E-state index contributed by atoms with van der Waals surface area (Å²) in [5.41, 5.74) is 4.27. The Balaban J connectivity index is 1.48. The number of nitrogens with zero attached hydrogens (tertiary/aromatic N) is 4. The number of likely N-dealkylation sites (tertiary alicyclic amines) is 1. The first kappa shape index (κ1) is 19.8. The topological polar surface area (TPSA) is 55.2 Å². The van der Waals surface area contributed by atoms with Gasteiger partial charge >= 0.3 is 0 Å². The highest BCUT2D eigenvalue weighted by molar-refractivity contribution is 5.62. The molecule has 1 N–H and O–H groups in total. The summed E-state index contributed by atoms with van der Waals surface area (Å²) in [6.45, 7) is 4.74. The van der Waals surface area contributed by atoms with Gasteiger partial charge in [-0.15, -0.1) is 0 Å². The molecule has 1 aromatic carbocycles.